The lowest BCUT2D eigenvalue weighted by Gasteiger charge is -2.16. The van der Waals surface area contributed by atoms with Gasteiger partial charge in [-0.15, -0.1) is 0 Å². The molecule has 0 bridgehead atoms. The summed E-state index contributed by atoms with van der Waals surface area (Å²) in [5.74, 6) is -8.28. The molecule has 3 rings (SSSR count). The maximum Gasteiger partial charge on any atom is 0.459 e. The van der Waals surface area contributed by atoms with Gasteiger partial charge < -0.3 is 0 Å². The van der Waals surface area contributed by atoms with Gasteiger partial charge in [0, 0.05) is 11.6 Å². The van der Waals surface area contributed by atoms with Gasteiger partial charge in [-0.25, -0.2) is 17.9 Å². The van der Waals surface area contributed by atoms with Crippen LogP contribution in [0.4, 0.5) is 35.1 Å². The summed E-state index contributed by atoms with van der Waals surface area (Å²) >= 11 is 2.87. The standard InChI is InChI=1S/C17H7BrF8N2/c18-10-5-8(1-3-11(10)20)14-7-15(16(22,23)17(24,25)26)27-28(14)13-4-2-9(19)6-12(13)21/h1-7H. The zero-order valence-electron chi connectivity index (χ0n) is 13.3. The number of alkyl halides is 5. The molecule has 0 fully saturated rings. The van der Waals surface area contributed by atoms with Crippen molar-refractivity contribution in [1.29, 1.82) is 0 Å². The zero-order chi connectivity index (χ0) is 20.9. The highest BCUT2D eigenvalue weighted by molar-refractivity contribution is 9.10. The number of rotatable bonds is 3. The van der Waals surface area contributed by atoms with Crippen molar-refractivity contribution in [3.63, 3.8) is 0 Å². The Morgan fingerprint density at radius 3 is 2.07 bits per heavy atom. The van der Waals surface area contributed by atoms with Crippen molar-refractivity contribution >= 4 is 15.9 Å². The molecule has 0 saturated carbocycles. The molecule has 3 aromatic rings. The van der Waals surface area contributed by atoms with Crippen LogP contribution >= 0.6 is 15.9 Å². The van der Waals surface area contributed by atoms with E-state index in [2.05, 4.69) is 21.0 Å². The van der Waals surface area contributed by atoms with Gasteiger partial charge in [-0.3, -0.25) is 0 Å². The number of nitrogens with zero attached hydrogens (tertiary/aromatic N) is 2. The van der Waals surface area contributed by atoms with E-state index in [1.807, 2.05) is 0 Å². The Hall–Kier alpha value is -2.43. The third kappa shape index (κ3) is 3.50. The lowest BCUT2D eigenvalue weighted by atomic mass is 10.1. The Balaban J connectivity index is 2.28. The average molecular weight is 471 g/mol. The normalized spacial score (nSPS) is 12.5. The van der Waals surface area contributed by atoms with Crippen LogP contribution in [0, 0.1) is 17.5 Å². The van der Waals surface area contributed by atoms with E-state index >= 15 is 0 Å². The Labute approximate surface area is 160 Å². The summed E-state index contributed by atoms with van der Waals surface area (Å²) in [5, 5.41) is 3.21. The minimum absolute atomic E-state index is 0.0336. The lowest BCUT2D eigenvalue weighted by Crippen LogP contribution is -2.34. The second-order valence-electron chi connectivity index (χ2n) is 5.62. The first-order valence-corrected chi connectivity index (χ1v) is 8.17. The highest BCUT2D eigenvalue weighted by Crippen LogP contribution is 2.44. The van der Waals surface area contributed by atoms with Gasteiger partial charge in [0.05, 0.1) is 10.2 Å². The second kappa shape index (κ2) is 6.87. The Morgan fingerprint density at radius 1 is 0.821 bits per heavy atom. The first-order valence-electron chi connectivity index (χ1n) is 7.38. The van der Waals surface area contributed by atoms with Crippen LogP contribution in [0.1, 0.15) is 5.69 Å². The van der Waals surface area contributed by atoms with Crippen LogP contribution in [0.2, 0.25) is 0 Å². The smallest absolute Gasteiger partial charge is 0.230 e. The number of aromatic nitrogens is 2. The van der Waals surface area contributed by atoms with E-state index in [0.29, 0.717) is 16.8 Å². The molecule has 1 aromatic heterocycles. The molecule has 0 aliphatic carbocycles. The van der Waals surface area contributed by atoms with Gasteiger partial charge in [-0.1, -0.05) is 0 Å². The van der Waals surface area contributed by atoms with Crippen molar-refractivity contribution in [3.8, 4) is 16.9 Å². The van der Waals surface area contributed by atoms with Crippen molar-refractivity contribution in [2.75, 3.05) is 0 Å². The van der Waals surface area contributed by atoms with Crippen molar-refractivity contribution in [2.45, 2.75) is 12.1 Å². The number of hydrogen-bond acceptors (Lipinski definition) is 1. The van der Waals surface area contributed by atoms with E-state index in [0.717, 1.165) is 30.3 Å². The van der Waals surface area contributed by atoms with Gasteiger partial charge in [0.1, 0.15) is 23.0 Å². The Morgan fingerprint density at radius 2 is 1.50 bits per heavy atom. The SMILES string of the molecule is Fc1ccc(-n2nc(C(F)(F)C(F)(F)F)cc2-c2ccc(F)c(Br)c2)c(F)c1. The van der Waals surface area contributed by atoms with E-state index < -0.39 is 40.9 Å². The molecule has 0 aliphatic heterocycles. The predicted octanol–water partition coefficient (Wildman–Crippen LogP) is 6.37. The molecule has 2 nitrogen and oxygen atoms in total. The van der Waals surface area contributed by atoms with Crippen LogP contribution in [0.15, 0.2) is 46.9 Å². The van der Waals surface area contributed by atoms with Crippen LogP contribution in [0.5, 0.6) is 0 Å². The third-order valence-corrected chi connectivity index (χ3v) is 4.35. The largest absolute Gasteiger partial charge is 0.459 e. The molecule has 1 heterocycles. The van der Waals surface area contributed by atoms with Crippen LogP contribution in [0.25, 0.3) is 16.9 Å². The van der Waals surface area contributed by atoms with Gasteiger partial charge in [-0.2, -0.15) is 27.1 Å². The molecular formula is C17H7BrF8N2. The highest BCUT2D eigenvalue weighted by atomic mass is 79.9. The first-order chi connectivity index (χ1) is 12.9. The van der Waals surface area contributed by atoms with Crippen molar-refractivity contribution in [3.05, 3.63) is 70.1 Å². The first kappa shape index (κ1) is 20.3. The lowest BCUT2D eigenvalue weighted by molar-refractivity contribution is -0.291. The molecule has 0 amide bonds. The van der Waals surface area contributed by atoms with Crippen LogP contribution in [0.3, 0.4) is 0 Å². The number of halogens is 9. The fourth-order valence-corrected chi connectivity index (χ4v) is 2.76. The molecule has 28 heavy (non-hydrogen) atoms. The number of benzene rings is 2. The third-order valence-electron chi connectivity index (χ3n) is 3.74. The summed E-state index contributed by atoms with van der Waals surface area (Å²) in [6, 6.07) is 5.56. The van der Waals surface area contributed by atoms with E-state index in [1.54, 1.807) is 0 Å². The molecule has 0 spiro atoms. The Kier molecular flexibility index (Phi) is 4.98. The average Bonchev–Trinajstić information content (AvgIpc) is 3.02. The Bertz CT molecular complexity index is 1040. The molecule has 2 aromatic carbocycles. The summed E-state index contributed by atoms with van der Waals surface area (Å²) in [6.07, 6.45) is -5.95. The minimum atomic E-state index is -5.95. The van der Waals surface area contributed by atoms with Crippen molar-refractivity contribution in [2.24, 2.45) is 0 Å². The van der Waals surface area contributed by atoms with Crippen molar-refractivity contribution in [1.82, 2.24) is 9.78 Å². The highest BCUT2D eigenvalue weighted by Gasteiger charge is 2.60. The minimum Gasteiger partial charge on any atom is -0.230 e. The van der Waals surface area contributed by atoms with Gasteiger partial charge in [0.15, 0.2) is 5.82 Å². The molecule has 0 N–H and O–H groups in total. The maximum atomic E-state index is 14.1. The van der Waals surface area contributed by atoms with Crippen molar-refractivity contribution < 1.29 is 35.1 Å². The van der Waals surface area contributed by atoms with Crippen LogP contribution < -0.4 is 0 Å². The van der Waals surface area contributed by atoms with Gasteiger partial charge in [-0.05, 0) is 52.3 Å². The van der Waals surface area contributed by atoms with Gasteiger partial charge in [0.2, 0.25) is 0 Å². The second-order valence-corrected chi connectivity index (χ2v) is 6.48. The van der Waals surface area contributed by atoms with Crippen LogP contribution in [-0.4, -0.2) is 16.0 Å². The molecule has 11 heteroatoms. The molecule has 0 aliphatic rings. The zero-order valence-corrected chi connectivity index (χ0v) is 14.9. The quantitative estimate of drug-likeness (QED) is 0.406. The monoisotopic (exact) mass is 470 g/mol. The summed E-state index contributed by atoms with van der Waals surface area (Å²) in [5.41, 5.74) is -2.68. The summed E-state index contributed by atoms with van der Waals surface area (Å²) in [4.78, 5) is 0. The number of hydrogen-bond donors (Lipinski definition) is 0. The fourth-order valence-electron chi connectivity index (χ4n) is 2.38. The van der Waals surface area contributed by atoms with E-state index in [1.165, 1.54) is 0 Å². The van der Waals surface area contributed by atoms with E-state index in [4.69, 9.17) is 0 Å². The van der Waals surface area contributed by atoms with Gasteiger partial charge >= 0.3 is 12.1 Å². The molecule has 0 radical (unpaired) electrons. The van der Waals surface area contributed by atoms with E-state index in [9.17, 15) is 35.1 Å². The predicted molar refractivity (Wildman–Crippen MR) is 86.5 cm³/mol. The summed E-state index contributed by atoms with van der Waals surface area (Å²) < 4.78 is 107. The summed E-state index contributed by atoms with van der Waals surface area (Å²) in [7, 11) is 0. The molecule has 0 saturated heterocycles. The molecule has 148 valence electrons. The van der Waals surface area contributed by atoms with Crippen LogP contribution in [-0.2, 0) is 5.92 Å². The molecular weight excluding hydrogens is 464 g/mol. The summed E-state index contributed by atoms with van der Waals surface area (Å²) in [6.45, 7) is 0. The topological polar surface area (TPSA) is 17.8 Å². The molecule has 0 atom stereocenters. The molecule has 0 unspecified atom stereocenters. The maximum absolute atomic E-state index is 14.1. The van der Waals surface area contributed by atoms with E-state index in [-0.39, 0.29) is 15.7 Å². The fraction of sp³-hybridized carbons (Fsp3) is 0.118. The van der Waals surface area contributed by atoms with Gasteiger partial charge in [0.25, 0.3) is 0 Å².